The standard InChI is InChI=1S/C6H8S/c1-3-6(2)4-7-5-6/h1H,4-5H2,2H3. The van der Waals surface area contributed by atoms with Gasteiger partial charge in [-0.1, -0.05) is 5.92 Å². The van der Waals surface area contributed by atoms with Gasteiger partial charge in [0.05, 0.1) is 0 Å². The minimum atomic E-state index is 0.255. The summed E-state index contributed by atoms with van der Waals surface area (Å²) in [5, 5.41) is 0. The number of hydrogen-bond donors (Lipinski definition) is 0. The van der Waals surface area contributed by atoms with Crippen molar-refractivity contribution >= 4 is 11.8 Å². The van der Waals surface area contributed by atoms with E-state index in [2.05, 4.69) is 12.8 Å². The van der Waals surface area contributed by atoms with Crippen LogP contribution in [0.2, 0.25) is 0 Å². The van der Waals surface area contributed by atoms with Gasteiger partial charge in [0.1, 0.15) is 0 Å². The molecule has 0 aromatic rings. The summed E-state index contributed by atoms with van der Waals surface area (Å²) in [4.78, 5) is 0. The Labute approximate surface area is 48.7 Å². The Bertz CT molecular complexity index is 106. The van der Waals surface area contributed by atoms with E-state index in [1.807, 2.05) is 11.8 Å². The van der Waals surface area contributed by atoms with Crippen LogP contribution in [0.4, 0.5) is 0 Å². The topological polar surface area (TPSA) is 0 Å². The van der Waals surface area contributed by atoms with Gasteiger partial charge in [0, 0.05) is 16.9 Å². The average molecular weight is 112 g/mol. The van der Waals surface area contributed by atoms with E-state index in [0.717, 1.165) is 11.5 Å². The van der Waals surface area contributed by atoms with Crippen molar-refractivity contribution in [2.45, 2.75) is 6.92 Å². The van der Waals surface area contributed by atoms with Gasteiger partial charge in [-0.2, -0.15) is 11.8 Å². The van der Waals surface area contributed by atoms with E-state index in [4.69, 9.17) is 6.42 Å². The fourth-order valence-electron chi connectivity index (χ4n) is 0.492. The molecule has 1 saturated heterocycles. The van der Waals surface area contributed by atoms with Crippen LogP contribution in [-0.4, -0.2) is 11.5 Å². The van der Waals surface area contributed by atoms with Crippen LogP contribution in [-0.2, 0) is 0 Å². The van der Waals surface area contributed by atoms with Gasteiger partial charge >= 0.3 is 0 Å². The van der Waals surface area contributed by atoms with Gasteiger partial charge in [-0.05, 0) is 6.92 Å². The quantitative estimate of drug-likeness (QED) is 0.426. The maximum atomic E-state index is 5.20. The molecule has 0 nitrogen and oxygen atoms in total. The second-order valence-electron chi connectivity index (χ2n) is 2.20. The van der Waals surface area contributed by atoms with E-state index in [0.29, 0.717) is 0 Å². The minimum Gasteiger partial charge on any atom is -0.159 e. The summed E-state index contributed by atoms with van der Waals surface area (Å²) in [7, 11) is 0. The lowest BCUT2D eigenvalue weighted by molar-refractivity contribution is 0.562. The third-order valence-corrected chi connectivity index (χ3v) is 2.87. The van der Waals surface area contributed by atoms with E-state index in [1.54, 1.807) is 0 Å². The zero-order valence-electron chi connectivity index (χ0n) is 4.40. The van der Waals surface area contributed by atoms with Crippen molar-refractivity contribution in [3.63, 3.8) is 0 Å². The van der Waals surface area contributed by atoms with Crippen LogP contribution >= 0.6 is 11.8 Å². The molecule has 0 amide bonds. The summed E-state index contributed by atoms with van der Waals surface area (Å²) < 4.78 is 0. The molecule has 0 bridgehead atoms. The van der Waals surface area contributed by atoms with Crippen molar-refractivity contribution in [1.82, 2.24) is 0 Å². The van der Waals surface area contributed by atoms with Crippen LogP contribution in [0.25, 0.3) is 0 Å². The fraction of sp³-hybridized carbons (Fsp3) is 0.667. The maximum Gasteiger partial charge on any atom is 0.0464 e. The molecule has 1 fully saturated rings. The Kier molecular flexibility index (Phi) is 1.05. The molecule has 0 atom stereocenters. The zero-order valence-corrected chi connectivity index (χ0v) is 5.22. The predicted octanol–water partition coefficient (Wildman–Crippen LogP) is 1.37. The average Bonchev–Trinajstić information content (AvgIpc) is 1.61. The van der Waals surface area contributed by atoms with Gasteiger partial charge in [-0.3, -0.25) is 0 Å². The highest BCUT2D eigenvalue weighted by molar-refractivity contribution is 8.00. The maximum absolute atomic E-state index is 5.20. The van der Waals surface area contributed by atoms with E-state index in [1.165, 1.54) is 0 Å². The van der Waals surface area contributed by atoms with Gasteiger partial charge in [0.15, 0.2) is 0 Å². The lowest BCUT2D eigenvalue weighted by atomic mass is 9.97. The normalized spacial score (nSPS) is 25.1. The molecule has 1 aliphatic heterocycles. The molecule has 1 heterocycles. The van der Waals surface area contributed by atoms with Crippen LogP contribution in [0.15, 0.2) is 0 Å². The predicted molar refractivity (Wildman–Crippen MR) is 34.3 cm³/mol. The smallest absolute Gasteiger partial charge is 0.0464 e. The molecular formula is C6H8S. The molecule has 0 unspecified atom stereocenters. The van der Waals surface area contributed by atoms with E-state index < -0.39 is 0 Å². The van der Waals surface area contributed by atoms with Crippen molar-refractivity contribution in [2.75, 3.05) is 11.5 Å². The Hall–Kier alpha value is -0.0900. The number of thioether (sulfide) groups is 1. The molecule has 0 N–H and O–H groups in total. The van der Waals surface area contributed by atoms with E-state index in [9.17, 15) is 0 Å². The molecule has 1 heteroatoms. The molecule has 1 aliphatic rings. The molecule has 0 aliphatic carbocycles. The van der Waals surface area contributed by atoms with Crippen LogP contribution in [0.3, 0.4) is 0 Å². The van der Waals surface area contributed by atoms with Crippen molar-refractivity contribution in [3.8, 4) is 12.3 Å². The Balaban J connectivity index is 2.48. The van der Waals surface area contributed by atoms with Crippen molar-refractivity contribution in [1.29, 1.82) is 0 Å². The largest absolute Gasteiger partial charge is 0.159 e. The Morgan fingerprint density at radius 1 is 1.71 bits per heavy atom. The third-order valence-electron chi connectivity index (χ3n) is 1.19. The van der Waals surface area contributed by atoms with Crippen LogP contribution < -0.4 is 0 Å². The molecule has 0 radical (unpaired) electrons. The van der Waals surface area contributed by atoms with Crippen LogP contribution in [0, 0.1) is 17.8 Å². The Morgan fingerprint density at radius 2 is 2.29 bits per heavy atom. The van der Waals surface area contributed by atoms with Crippen molar-refractivity contribution < 1.29 is 0 Å². The molecule has 0 aromatic heterocycles. The lowest BCUT2D eigenvalue weighted by Crippen LogP contribution is -2.29. The SMILES string of the molecule is C#CC1(C)CSC1. The Morgan fingerprint density at radius 3 is 2.29 bits per heavy atom. The molecule has 38 valence electrons. The number of hydrogen-bond acceptors (Lipinski definition) is 1. The molecule has 0 saturated carbocycles. The second kappa shape index (κ2) is 1.45. The first-order chi connectivity index (χ1) is 3.27. The van der Waals surface area contributed by atoms with Gasteiger partial charge < -0.3 is 0 Å². The van der Waals surface area contributed by atoms with Gasteiger partial charge in [0.2, 0.25) is 0 Å². The monoisotopic (exact) mass is 112 g/mol. The van der Waals surface area contributed by atoms with E-state index >= 15 is 0 Å². The molecular weight excluding hydrogens is 104 g/mol. The summed E-state index contributed by atoms with van der Waals surface area (Å²) in [5.41, 5.74) is 0.255. The molecule has 0 spiro atoms. The highest BCUT2D eigenvalue weighted by Gasteiger charge is 2.29. The minimum absolute atomic E-state index is 0.255. The lowest BCUT2D eigenvalue weighted by Gasteiger charge is -2.31. The summed E-state index contributed by atoms with van der Waals surface area (Å²) in [6, 6.07) is 0. The van der Waals surface area contributed by atoms with Crippen LogP contribution in [0.5, 0.6) is 0 Å². The fourth-order valence-corrected chi connectivity index (χ4v) is 1.47. The first-order valence-electron chi connectivity index (χ1n) is 2.32. The molecule has 7 heavy (non-hydrogen) atoms. The van der Waals surface area contributed by atoms with Gasteiger partial charge in [0.25, 0.3) is 0 Å². The first-order valence-corrected chi connectivity index (χ1v) is 3.48. The summed E-state index contributed by atoms with van der Waals surface area (Å²) in [6.07, 6.45) is 5.20. The molecule has 0 aromatic carbocycles. The van der Waals surface area contributed by atoms with E-state index in [-0.39, 0.29) is 5.41 Å². The molecule has 1 rings (SSSR count). The van der Waals surface area contributed by atoms with Crippen molar-refractivity contribution in [2.24, 2.45) is 5.41 Å². The summed E-state index contributed by atoms with van der Waals surface area (Å²) in [5.74, 6) is 5.07. The highest BCUT2D eigenvalue weighted by Crippen LogP contribution is 2.35. The highest BCUT2D eigenvalue weighted by atomic mass is 32.2. The summed E-state index contributed by atoms with van der Waals surface area (Å²) >= 11 is 1.93. The number of terminal acetylenes is 1. The van der Waals surface area contributed by atoms with Gasteiger partial charge in [-0.15, -0.1) is 6.42 Å². The zero-order chi connectivity index (χ0) is 5.33. The van der Waals surface area contributed by atoms with Gasteiger partial charge in [-0.25, -0.2) is 0 Å². The number of rotatable bonds is 0. The van der Waals surface area contributed by atoms with Crippen LogP contribution in [0.1, 0.15) is 6.92 Å². The second-order valence-corrected chi connectivity index (χ2v) is 3.18. The first kappa shape index (κ1) is 5.05. The third kappa shape index (κ3) is 0.759. The summed E-state index contributed by atoms with van der Waals surface area (Å²) in [6.45, 7) is 2.13. The van der Waals surface area contributed by atoms with Crippen molar-refractivity contribution in [3.05, 3.63) is 0 Å².